The van der Waals surface area contributed by atoms with Gasteiger partial charge in [-0.05, 0) is 6.92 Å². The SMILES string of the molecule is CCOC(=O)C(=NOC)C1(CBr)OCCO1. The van der Waals surface area contributed by atoms with Gasteiger partial charge in [-0.3, -0.25) is 0 Å². The monoisotopic (exact) mass is 295 g/mol. The van der Waals surface area contributed by atoms with Crippen LogP contribution in [0.5, 0.6) is 0 Å². The maximum Gasteiger partial charge on any atom is 0.361 e. The van der Waals surface area contributed by atoms with E-state index in [4.69, 9.17) is 14.2 Å². The van der Waals surface area contributed by atoms with Gasteiger partial charge in [-0.15, -0.1) is 0 Å². The van der Waals surface area contributed by atoms with E-state index >= 15 is 0 Å². The molecular weight excluding hydrogens is 282 g/mol. The third kappa shape index (κ3) is 2.72. The lowest BCUT2D eigenvalue weighted by molar-refractivity contribution is -0.140. The number of ether oxygens (including phenoxy) is 3. The Labute approximate surface area is 102 Å². The zero-order valence-corrected chi connectivity index (χ0v) is 10.8. The van der Waals surface area contributed by atoms with E-state index in [9.17, 15) is 4.79 Å². The van der Waals surface area contributed by atoms with E-state index in [0.29, 0.717) is 13.2 Å². The van der Waals surface area contributed by atoms with Gasteiger partial charge < -0.3 is 19.0 Å². The first kappa shape index (κ1) is 13.4. The molecule has 1 aliphatic rings. The number of alkyl halides is 1. The molecule has 0 aliphatic carbocycles. The van der Waals surface area contributed by atoms with Crippen LogP contribution in [0, 0.1) is 0 Å². The molecule has 1 saturated heterocycles. The van der Waals surface area contributed by atoms with Crippen molar-refractivity contribution in [3.8, 4) is 0 Å². The summed E-state index contributed by atoms with van der Waals surface area (Å²) in [6.45, 7) is 2.75. The van der Waals surface area contributed by atoms with Crippen LogP contribution >= 0.6 is 15.9 Å². The fraction of sp³-hybridized carbons (Fsp3) is 0.778. The minimum atomic E-state index is -1.21. The Morgan fingerprint density at radius 2 is 2.12 bits per heavy atom. The highest BCUT2D eigenvalue weighted by Gasteiger charge is 2.46. The van der Waals surface area contributed by atoms with Crippen LogP contribution < -0.4 is 0 Å². The number of oxime groups is 1. The standard InChI is InChI=1S/C9H14BrNO5/c1-3-14-8(12)7(11-13-2)9(6-10)15-4-5-16-9/h3-6H2,1-2H3. The van der Waals surface area contributed by atoms with Crippen molar-refractivity contribution >= 4 is 27.6 Å². The molecule has 1 heterocycles. The van der Waals surface area contributed by atoms with Crippen LogP contribution in [0.4, 0.5) is 0 Å². The highest BCUT2D eigenvalue weighted by molar-refractivity contribution is 9.09. The van der Waals surface area contributed by atoms with E-state index < -0.39 is 11.8 Å². The van der Waals surface area contributed by atoms with E-state index in [-0.39, 0.29) is 17.6 Å². The molecule has 0 unspecified atom stereocenters. The van der Waals surface area contributed by atoms with Crippen LogP contribution in [-0.2, 0) is 23.8 Å². The summed E-state index contributed by atoms with van der Waals surface area (Å²) < 4.78 is 15.6. The average Bonchev–Trinajstić information content (AvgIpc) is 2.75. The molecule has 0 radical (unpaired) electrons. The lowest BCUT2D eigenvalue weighted by atomic mass is 10.2. The third-order valence-corrected chi connectivity index (χ3v) is 2.68. The molecule has 6 nitrogen and oxygen atoms in total. The van der Waals surface area contributed by atoms with Crippen LogP contribution in [0.1, 0.15) is 6.92 Å². The van der Waals surface area contributed by atoms with Crippen molar-refractivity contribution in [2.45, 2.75) is 12.7 Å². The molecule has 16 heavy (non-hydrogen) atoms. The van der Waals surface area contributed by atoms with Crippen molar-refractivity contribution in [3.63, 3.8) is 0 Å². The van der Waals surface area contributed by atoms with E-state index in [1.807, 2.05) is 0 Å². The summed E-state index contributed by atoms with van der Waals surface area (Å²) in [6, 6.07) is 0. The van der Waals surface area contributed by atoms with Gasteiger partial charge >= 0.3 is 5.97 Å². The van der Waals surface area contributed by atoms with Crippen LogP contribution in [0.2, 0.25) is 0 Å². The first-order valence-electron chi connectivity index (χ1n) is 4.82. The van der Waals surface area contributed by atoms with Gasteiger partial charge in [-0.1, -0.05) is 21.1 Å². The Balaban J connectivity index is 2.91. The molecule has 0 amide bonds. The van der Waals surface area contributed by atoms with Crippen molar-refractivity contribution in [3.05, 3.63) is 0 Å². The van der Waals surface area contributed by atoms with Crippen LogP contribution in [0.3, 0.4) is 0 Å². The van der Waals surface area contributed by atoms with Gasteiger partial charge in [0.05, 0.1) is 25.2 Å². The number of esters is 1. The predicted molar refractivity (Wildman–Crippen MR) is 59.5 cm³/mol. The molecular formula is C9H14BrNO5. The third-order valence-electron chi connectivity index (χ3n) is 1.94. The molecule has 0 bridgehead atoms. The van der Waals surface area contributed by atoms with Gasteiger partial charge in [-0.2, -0.15) is 0 Å². The first-order chi connectivity index (χ1) is 7.70. The topological polar surface area (TPSA) is 66.4 Å². The van der Waals surface area contributed by atoms with Gasteiger partial charge in [-0.25, -0.2) is 4.79 Å². The number of hydrogen-bond acceptors (Lipinski definition) is 6. The summed E-state index contributed by atoms with van der Waals surface area (Å²) in [6.07, 6.45) is 0. The number of hydrogen-bond donors (Lipinski definition) is 0. The van der Waals surface area contributed by atoms with Gasteiger partial charge in [0.25, 0.3) is 0 Å². The Morgan fingerprint density at radius 3 is 2.56 bits per heavy atom. The van der Waals surface area contributed by atoms with Gasteiger partial charge in [0, 0.05) is 0 Å². The number of halogens is 1. The van der Waals surface area contributed by atoms with Gasteiger partial charge in [0.15, 0.2) is 0 Å². The lowest BCUT2D eigenvalue weighted by Crippen LogP contribution is -2.46. The summed E-state index contributed by atoms with van der Waals surface area (Å²) in [5, 5.41) is 3.91. The Kier molecular flexibility index (Phi) is 5.17. The summed E-state index contributed by atoms with van der Waals surface area (Å²) in [4.78, 5) is 16.3. The molecule has 0 aromatic heterocycles. The fourth-order valence-electron chi connectivity index (χ4n) is 1.28. The van der Waals surface area contributed by atoms with Crippen molar-refractivity contribution in [1.82, 2.24) is 0 Å². The second-order valence-electron chi connectivity index (χ2n) is 2.93. The first-order valence-corrected chi connectivity index (χ1v) is 5.95. The van der Waals surface area contributed by atoms with E-state index in [1.54, 1.807) is 6.92 Å². The Morgan fingerprint density at radius 1 is 1.50 bits per heavy atom. The lowest BCUT2D eigenvalue weighted by Gasteiger charge is -2.24. The number of carbonyl (C=O) groups is 1. The molecule has 1 aliphatic heterocycles. The van der Waals surface area contributed by atoms with Crippen LogP contribution in [0.25, 0.3) is 0 Å². The molecule has 7 heteroatoms. The minimum Gasteiger partial charge on any atom is -0.461 e. The predicted octanol–water partition coefficient (Wildman–Crippen LogP) is 0.690. The number of carbonyl (C=O) groups excluding carboxylic acids is 1. The zero-order chi connectivity index (χ0) is 12.0. The Hall–Kier alpha value is -0.660. The molecule has 1 rings (SSSR count). The Bertz CT molecular complexity index is 275. The molecule has 92 valence electrons. The summed E-state index contributed by atoms with van der Waals surface area (Å²) in [5.41, 5.74) is -0.0220. The molecule has 0 N–H and O–H groups in total. The van der Waals surface area contributed by atoms with Crippen LogP contribution in [0.15, 0.2) is 5.16 Å². The molecule has 0 aromatic rings. The van der Waals surface area contributed by atoms with Crippen molar-refractivity contribution < 1.29 is 23.8 Å². The normalized spacial score (nSPS) is 19.6. The average molecular weight is 296 g/mol. The van der Waals surface area contributed by atoms with Crippen molar-refractivity contribution in [2.24, 2.45) is 5.16 Å². The highest BCUT2D eigenvalue weighted by atomic mass is 79.9. The molecule has 0 atom stereocenters. The second kappa shape index (κ2) is 6.17. The zero-order valence-electron chi connectivity index (χ0n) is 9.19. The van der Waals surface area contributed by atoms with E-state index in [1.165, 1.54) is 7.11 Å². The molecule has 0 aromatic carbocycles. The van der Waals surface area contributed by atoms with Crippen molar-refractivity contribution in [2.75, 3.05) is 32.3 Å². The minimum absolute atomic E-state index is 0.0220. The fourth-order valence-corrected chi connectivity index (χ4v) is 1.87. The molecule has 1 fully saturated rings. The van der Waals surface area contributed by atoms with Gasteiger partial charge in [0.2, 0.25) is 11.5 Å². The van der Waals surface area contributed by atoms with E-state index in [0.717, 1.165) is 0 Å². The second-order valence-corrected chi connectivity index (χ2v) is 3.49. The smallest absolute Gasteiger partial charge is 0.361 e. The highest BCUT2D eigenvalue weighted by Crippen LogP contribution is 2.24. The molecule has 0 saturated carbocycles. The van der Waals surface area contributed by atoms with E-state index in [2.05, 4.69) is 25.9 Å². The van der Waals surface area contributed by atoms with Gasteiger partial charge in [0.1, 0.15) is 7.11 Å². The number of rotatable bonds is 5. The van der Waals surface area contributed by atoms with Crippen LogP contribution in [-0.4, -0.2) is 49.7 Å². The maximum absolute atomic E-state index is 11.7. The maximum atomic E-state index is 11.7. The molecule has 0 spiro atoms. The summed E-state index contributed by atoms with van der Waals surface area (Å²) in [5.74, 6) is -1.81. The van der Waals surface area contributed by atoms with Crippen molar-refractivity contribution in [1.29, 1.82) is 0 Å². The quantitative estimate of drug-likeness (QED) is 0.323. The largest absolute Gasteiger partial charge is 0.461 e. The number of nitrogens with zero attached hydrogens (tertiary/aromatic N) is 1. The summed E-state index contributed by atoms with van der Waals surface area (Å²) in [7, 11) is 1.34. The summed E-state index contributed by atoms with van der Waals surface area (Å²) >= 11 is 3.23.